The van der Waals surface area contributed by atoms with Gasteiger partial charge in [-0.15, -0.1) is 11.3 Å². The molecule has 144 valence electrons. The Morgan fingerprint density at radius 1 is 1.08 bits per heavy atom. The van der Waals surface area contributed by atoms with E-state index >= 15 is 0 Å². The van der Waals surface area contributed by atoms with Crippen molar-refractivity contribution in [3.63, 3.8) is 0 Å². The Morgan fingerprint density at radius 3 is 2.50 bits per heavy atom. The standard InChI is InChI=1S/C19H27FN2O3S/c20-15-6-2-1-5-14(15)13-19(25)22-11-4-10-21-18(24)9-8-16(23)17-7-3-12-26-17/h3,7,12,14-15H,1-2,4-6,8-11,13H2,(H,21,24)(H,22,25). The molecule has 0 bridgehead atoms. The number of hydrogen-bond donors (Lipinski definition) is 2. The van der Waals surface area contributed by atoms with Crippen LogP contribution in [0, 0.1) is 5.92 Å². The van der Waals surface area contributed by atoms with Crippen molar-refractivity contribution in [1.82, 2.24) is 10.6 Å². The zero-order valence-corrected chi connectivity index (χ0v) is 15.8. The van der Waals surface area contributed by atoms with Crippen LogP contribution >= 0.6 is 11.3 Å². The summed E-state index contributed by atoms with van der Waals surface area (Å²) in [5, 5.41) is 7.37. The van der Waals surface area contributed by atoms with E-state index in [4.69, 9.17) is 0 Å². The van der Waals surface area contributed by atoms with Gasteiger partial charge in [-0.25, -0.2) is 4.39 Å². The Hall–Kier alpha value is -1.76. The van der Waals surface area contributed by atoms with E-state index < -0.39 is 6.17 Å². The van der Waals surface area contributed by atoms with Crippen LogP contribution in [0.5, 0.6) is 0 Å². The van der Waals surface area contributed by atoms with E-state index in [0.717, 1.165) is 19.3 Å². The van der Waals surface area contributed by atoms with Crippen LogP contribution in [-0.2, 0) is 9.59 Å². The van der Waals surface area contributed by atoms with Crippen molar-refractivity contribution >= 4 is 28.9 Å². The van der Waals surface area contributed by atoms with Gasteiger partial charge in [-0.2, -0.15) is 0 Å². The second-order valence-corrected chi connectivity index (χ2v) is 7.67. The van der Waals surface area contributed by atoms with Gasteiger partial charge in [0.25, 0.3) is 0 Å². The second kappa shape index (κ2) is 11.1. The highest BCUT2D eigenvalue weighted by Gasteiger charge is 2.26. The molecular formula is C19H27FN2O3S. The normalized spacial score (nSPS) is 19.7. The molecule has 1 aliphatic rings. The van der Waals surface area contributed by atoms with E-state index in [1.807, 2.05) is 11.4 Å². The maximum absolute atomic E-state index is 13.7. The third-order valence-electron chi connectivity index (χ3n) is 4.64. The summed E-state index contributed by atoms with van der Waals surface area (Å²) in [7, 11) is 0. The predicted octanol–water partition coefficient (Wildman–Crippen LogP) is 3.25. The van der Waals surface area contributed by atoms with E-state index in [0.29, 0.717) is 30.8 Å². The number of rotatable bonds is 10. The Labute approximate surface area is 157 Å². The Morgan fingerprint density at radius 2 is 1.81 bits per heavy atom. The monoisotopic (exact) mass is 382 g/mol. The highest BCUT2D eigenvalue weighted by molar-refractivity contribution is 7.12. The number of carbonyl (C=O) groups excluding carboxylic acids is 3. The van der Waals surface area contributed by atoms with Gasteiger partial charge in [-0.05, 0) is 36.6 Å². The average Bonchev–Trinajstić information content (AvgIpc) is 3.16. The lowest BCUT2D eigenvalue weighted by Gasteiger charge is -2.25. The quantitative estimate of drug-likeness (QED) is 0.482. The van der Waals surface area contributed by atoms with Crippen molar-refractivity contribution in [1.29, 1.82) is 0 Å². The van der Waals surface area contributed by atoms with Crippen molar-refractivity contribution in [3.05, 3.63) is 22.4 Å². The summed E-state index contributed by atoms with van der Waals surface area (Å²) in [6.45, 7) is 0.901. The van der Waals surface area contributed by atoms with Gasteiger partial charge in [0, 0.05) is 32.4 Å². The molecule has 2 rings (SSSR count). The molecule has 0 aliphatic heterocycles. The number of alkyl halides is 1. The minimum atomic E-state index is -0.856. The lowest BCUT2D eigenvalue weighted by Crippen LogP contribution is -2.33. The fourth-order valence-corrected chi connectivity index (χ4v) is 3.82. The summed E-state index contributed by atoms with van der Waals surface area (Å²) < 4.78 is 13.7. The van der Waals surface area contributed by atoms with E-state index in [2.05, 4.69) is 10.6 Å². The first-order valence-corrected chi connectivity index (χ1v) is 10.2. The minimum Gasteiger partial charge on any atom is -0.356 e. The first-order valence-electron chi connectivity index (χ1n) is 9.30. The molecule has 1 fully saturated rings. The third-order valence-corrected chi connectivity index (χ3v) is 5.55. The fourth-order valence-electron chi connectivity index (χ4n) is 3.12. The molecular weight excluding hydrogens is 355 g/mol. The largest absolute Gasteiger partial charge is 0.356 e. The average molecular weight is 383 g/mol. The molecule has 2 amide bonds. The molecule has 7 heteroatoms. The maximum Gasteiger partial charge on any atom is 0.220 e. The fraction of sp³-hybridized carbons (Fsp3) is 0.632. The first-order chi connectivity index (χ1) is 12.6. The maximum atomic E-state index is 13.7. The number of amides is 2. The third kappa shape index (κ3) is 7.23. The van der Waals surface area contributed by atoms with Crippen molar-refractivity contribution in [2.75, 3.05) is 13.1 Å². The molecule has 0 saturated heterocycles. The zero-order valence-electron chi connectivity index (χ0n) is 15.0. The number of ketones is 1. The van der Waals surface area contributed by atoms with Gasteiger partial charge in [0.15, 0.2) is 5.78 Å². The molecule has 1 aromatic rings. The van der Waals surface area contributed by atoms with Gasteiger partial charge in [0.05, 0.1) is 4.88 Å². The molecule has 1 aromatic heterocycles. The van der Waals surface area contributed by atoms with Gasteiger partial charge < -0.3 is 10.6 Å². The van der Waals surface area contributed by atoms with Crippen molar-refractivity contribution in [3.8, 4) is 0 Å². The van der Waals surface area contributed by atoms with Crippen LogP contribution in [0.2, 0.25) is 0 Å². The molecule has 0 aromatic carbocycles. The topological polar surface area (TPSA) is 75.3 Å². The van der Waals surface area contributed by atoms with Gasteiger partial charge in [-0.3, -0.25) is 14.4 Å². The lowest BCUT2D eigenvalue weighted by molar-refractivity contribution is -0.122. The Balaban J connectivity index is 1.49. The summed E-state index contributed by atoms with van der Waals surface area (Å²) in [5.74, 6) is -0.447. The molecule has 2 unspecified atom stereocenters. The summed E-state index contributed by atoms with van der Waals surface area (Å²) in [4.78, 5) is 36.0. The summed E-state index contributed by atoms with van der Waals surface area (Å²) in [5.41, 5.74) is 0. The number of carbonyl (C=O) groups is 3. The predicted molar refractivity (Wildman–Crippen MR) is 100.0 cm³/mol. The highest BCUT2D eigenvalue weighted by Crippen LogP contribution is 2.29. The van der Waals surface area contributed by atoms with Crippen molar-refractivity contribution < 1.29 is 18.8 Å². The molecule has 5 nitrogen and oxygen atoms in total. The highest BCUT2D eigenvalue weighted by atomic mass is 32.1. The van der Waals surface area contributed by atoms with Crippen LogP contribution in [0.15, 0.2) is 17.5 Å². The summed E-state index contributed by atoms with van der Waals surface area (Å²) in [6.07, 6.45) is 3.65. The molecule has 2 N–H and O–H groups in total. The lowest BCUT2D eigenvalue weighted by atomic mass is 9.85. The summed E-state index contributed by atoms with van der Waals surface area (Å²) >= 11 is 1.38. The number of halogens is 1. The van der Waals surface area contributed by atoms with E-state index in [-0.39, 0.29) is 42.8 Å². The van der Waals surface area contributed by atoms with Crippen LogP contribution in [0.4, 0.5) is 4.39 Å². The minimum absolute atomic E-state index is 0.0173. The van der Waals surface area contributed by atoms with Crippen molar-refractivity contribution in [2.45, 2.75) is 57.5 Å². The van der Waals surface area contributed by atoms with Crippen LogP contribution in [0.1, 0.15) is 61.0 Å². The van der Waals surface area contributed by atoms with Gasteiger partial charge in [-0.1, -0.05) is 18.9 Å². The summed E-state index contributed by atoms with van der Waals surface area (Å²) in [6, 6.07) is 3.57. The van der Waals surface area contributed by atoms with Gasteiger partial charge in [0.2, 0.25) is 11.8 Å². The Kier molecular flexibility index (Phi) is 8.74. The molecule has 2 atom stereocenters. The second-order valence-electron chi connectivity index (χ2n) is 6.72. The number of hydrogen-bond acceptors (Lipinski definition) is 4. The molecule has 26 heavy (non-hydrogen) atoms. The van der Waals surface area contributed by atoms with Crippen LogP contribution in [-0.4, -0.2) is 36.9 Å². The number of Topliss-reactive ketones (excluding diaryl/α,β-unsaturated/α-hetero) is 1. The molecule has 1 saturated carbocycles. The van der Waals surface area contributed by atoms with Crippen LogP contribution in [0.25, 0.3) is 0 Å². The number of nitrogens with one attached hydrogen (secondary N) is 2. The molecule has 1 heterocycles. The van der Waals surface area contributed by atoms with Crippen molar-refractivity contribution in [2.24, 2.45) is 5.92 Å². The van der Waals surface area contributed by atoms with E-state index in [1.54, 1.807) is 6.07 Å². The molecule has 0 radical (unpaired) electrons. The molecule has 0 spiro atoms. The molecule has 1 aliphatic carbocycles. The van der Waals surface area contributed by atoms with Gasteiger partial charge >= 0.3 is 0 Å². The zero-order chi connectivity index (χ0) is 18.8. The number of thiophene rings is 1. The first kappa shape index (κ1) is 20.6. The van der Waals surface area contributed by atoms with Crippen LogP contribution in [0.3, 0.4) is 0 Å². The SMILES string of the molecule is O=C(CCC(=O)c1cccs1)NCCCNC(=O)CC1CCCCC1F. The Bertz CT molecular complexity index is 592. The van der Waals surface area contributed by atoms with Gasteiger partial charge in [0.1, 0.15) is 6.17 Å². The van der Waals surface area contributed by atoms with E-state index in [1.165, 1.54) is 11.3 Å². The van der Waals surface area contributed by atoms with Crippen LogP contribution < -0.4 is 10.6 Å². The van der Waals surface area contributed by atoms with E-state index in [9.17, 15) is 18.8 Å². The smallest absolute Gasteiger partial charge is 0.220 e.